The van der Waals surface area contributed by atoms with Crippen LogP contribution in [0.5, 0.6) is 0 Å². The van der Waals surface area contributed by atoms with Crippen molar-refractivity contribution in [2.45, 2.75) is 39.0 Å². The van der Waals surface area contributed by atoms with Gasteiger partial charge < -0.3 is 10.6 Å². The second-order valence-corrected chi connectivity index (χ2v) is 5.99. The van der Waals surface area contributed by atoms with Gasteiger partial charge in [0.15, 0.2) is 5.65 Å². The lowest BCUT2D eigenvalue weighted by Crippen LogP contribution is -2.37. The van der Waals surface area contributed by atoms with E-state index in [1.165, 1.54) is 24.4 Å². The molecule has 0 aromatic carbocycles. The topological polar surface area (TPSA) is 59.5 Å². The minimum absolute atomic E-state index is 0.706. The number of nitrogens with two attached hydrogens (primary N) is 1. The number of aromatic nitrogens is 3. The standard InChI is InChI=1S/C16H25N5/c1-2-4-14-11-16(21-15(19-14)7-9-18-21)20-10-3-5-13(12-20)6-8-17/h7,9,11,13H,2-6,8,10,12,17H2,1H3/t13-/m1/s1. The highest BCUT2D eigenvalue weighted by Gasteiger charge is 2.22. The maximum Gasteiger partial charge on any atom is 0.157 e. The molecular weight excluding hydrogens is 262 g/mol. The Hall–Kier alpha value is -1.62. The molecule has 1 atom stereocenters. The van der Waals surface area contributed by atoms with Gasteiger partial charge in [0.2, 0.25) is 0 Å². The largest absolute Gasteiger partial charge is 0.356 e. The van der Waals surface area contributed by atoms with Crippen LogP contribution in [0.15, 0.2) is 18.3 Å². The molecule has 0 unspecified atom stereocenters. The molecular formula is C16H25N5. The predicted molar refractivity (Wildman–Crippen MR) is 85.6 cm³/mol. The van der Waals surface area contributed by atoms with Crippen molar-refractivity contribution in [3.05, 3.63) is 24.0 Å². The van der Waals surface area contributed by atoms with Crippen molar-refractivity contribution < 1.29 is 0 Å². The van der Waals surface area contributed by atoms with Gasteiger partial charge in [-0.25, -0.2) is 4.98 Å². The zero-order valence-electron chi connectivity index (χ0n) is 12.8. The van der Waals surface area contributed by atoms with Crippen molar-refractivity contribution in [1.29, 1.82) is 0 Å². The van der Waals surface area contributed by atoms with Gasteiger partial charge in [-0.05, 0) is 38.1 Å². The summed E-state index contributed by atoms with van der Waals surface area (Å²) in [6.07, 6.45) is 7.62. The summed E-state index contributed by atoms with van der Waals surface area (Å²) in [6, 6.07) is 4.21. The van der Waals surface area contributed by atoms with Gasteiger partial charge in [0.25, 0.3) is 0 Å². The lowest BCUT2D eigenvalue weighted by Gasteiger charge is -2.34. The number of rotatable bonds is 5. The normalized spacial score (nSPS) is 19.3. The fourth-order valence-electron chi connectivity index (χ4n) is 3.30. The molecule has 1 fully saturated rings. The Labute approximate surface area is 126 Å². The maximum atomic E-state index is 5.74. The van der Waals surface area contributed by atoms with Crippen LogP contribution in [-0.2, 0) is 6.42 Å². The number of nitrogens with zero attached hydrogens (tertiary/aromatic N) is 4. The van der Waals surface area contributed by atoms with Crippen LogP contribution in [0.4, 0.5) is 5.82 Å². The van der Waals surface area contributed by atoms with E-state index in [1.807, 2.05) is 16.8 Å². The first-order chi connectivity index (χ1) is 10.3. The first kappa shape index (κ1) is 14.3. The Morgan fingerprint density at radius 2 is 2.33 bits per heavy atom. The molecule has 0 bridgehead atoms. The second-order valence-electron chi connectivity index (χ2n) is 5.99. The van der Waals surface area contributed by atoms with Crippen LogP contribution in [0.3, 0.4) is 0 Å². The van der Waals surface area contributed by atoms with E-state index in [2.05, 4.69) is 28.0 Å². The Balaban J connectivity index is 1.92. The number of hydrogen-bond donors (Lipinski definition) is 1. The highest BCUT2D eigenvalue weighted by Crippen LogP contribution is 2.25. The van der Waals surface area contributed by atoms with Crippen LogP contribution in [-0.4, -0.2) is 34.2 Å². The molecule has 0 saturated carbocycles. The molecule has 3 rings (SSSR count). The molecule has 3 heterocycles. The smallest absolute Gasteiger partial charge is 0.157 e. The van der Waals surface area contributed by atoms with Crippen LogP contribution in [0.2, 0.25) is 0 Å². The van der Waals surface area contributed by atoms with Gasteiger partial charge in [0, 0.05) is 30.9 Å². The average Bonchev–Trinajstić information content (AvgIpc) is 2.96. The van der Waals surface area contributed by atoms with Gasteiger partial charge in [-0.15, -0.1) is 0 Å². The van der Waals surface area contributed by atoms with E-state index in [1.54, 1.807) is 0 Å². The Kier molecular flexibility index (Phi) is 4.39. The number of piperidine rings is 1. The Morgan fingerprint density at radius 3 is 3.14 bits per heavy atom. The fraction of sp³-hybridized carbons (Fsp3) is 0.625. The van der Waals surface area contributed by atoms with Crippen molar-refractivity contribution in [2.24, 2.45) is 11.7 Å². The number of hydrogen-bond acceptors (Lipinski definition) is 4. The summed E-state index contributed by atoms with van der Waals surface area (Å²) in [5.74, 6) is 1.90. The molecule has 0 radical (unpaired) electrons. The molecule has 0 spiro atoms. The number of aryl methyl sites for hydroxylation is 1. The van der Waals surface area contributed by atoms with Gasteiger partial charge in [-0.1, -0.05) is 13.3 Å². The highest BCUT2D eigenvalue weighted by atomic mass is 15.3. The lowest BCUT2D eigenvalue weighted by molar-refractivity contribution is 0.393. The van der Waals surface area contributed by atoms with Gasteiger partial charge in [0.05, 0.1) is 6.20 Å². The van der Waals surface area contributed by atoms with Crippen LogP contribution in [0.1, 0.15) is 38.3 Å². The summed E-state index contributed by atoms with van der Waals surface area (Å²) in [7, 11) is 0. The highest BCUT2D eigenvalue weighted by molar-refractivity contribution is 5.51. The third-order valence-corrected chi connectivity index (χ3v) is 4.32. The minimum atomic E-state index is 0.706. The van der Waals surface area contributed by atoms with E-state index in [9.17, 15) is 0 Å². The molecule has 5 heteroatoms. The summed E-state index contributed by atoms with van der Waals surface area (Å²) in [4.78, 5) is 7.15. The first-order valence-corrected chi connectivity index (χ1v) is 8.10. The molecule has 1 saturated heterocycles. The molecule has 1 aliphatic heterocycles. The predicted octanol–water partition coefficient (Wildman–Crippen LogP) is 2.25. The van der Waals surface area contributed by atoms with Crippen molar-refractivity contribution in [1.82, 2.24) is 14.6 Å². The Morgan fingerprint density at radius 1 is 1.43 bits per heavy atom. The number of fused-ring (bicyclic) bond motifs is 1. The molecule has 1 aliphatic rings. The van der Waals surface area contributed by atoms with E-state index < -0.39 is 0 Å². The summed E-state index contributed by atoms with van der Waals surface area (Å²) < 4.78 is 1.98. The first-order valence-electron chi connectivity index (χ1n) is 8.10. The van der Waals surface area contributed by atoms with Crippen LogP contribution in [0, 0.1) is 5.92 Å². The minimum Gasteiger partial charge on any atom is -0.356 e. The molecule has 0 amide bonds. The van der Waals surface area contributed by atoms with Gasteiger partial charge in [-0.2, -0.15) is 9.61 Å². The van der Waals surface area contributed by atoms with Crippen LogP contribution < -0.4 is 10.6 Å². The van der Waals surface area contributed by atoms with Crippen LogP contribution in [0.25, 0.3) is 5.65 Å². The van der Waals surface area contributed by atoms with E-state index in [0.717, 1.165) is 44.5 Å². The summed E-state index contributed by atoms with van der Waals surface area (Å²) >= 11 is 0. The fourth-order valence-corrected chi connectivity index (χ4v) is 3.30. The summed E-state index contributed by atoms with van der Waals surface area (Å²) in [6.45, 7) is 5.17. The van der Waals surface area contributed by atoms with Crippen molar-refractivity contribution in [3.8, 4) is 0 Å². The SMILES string of the molecule is CCCc1cc(N2CCC[C@H](CCN)C2)n2nccc2n1. The molecule has 21 heavy (non-hydrogen) atoms. The van der Waals surface area contributed by atoms with Crippen molar-refractivity contribution >= 4 is 11.5 Å². The van der Waals surface area contributed by atoms with E-state index >= 15 is 0 Å². The molecule has 5 nitrogen and oxygen atoms in total. The zero-order chi connectivity index (χ0) is 14.7. The lowest BCUT2D eigenvalue weighted by atomic mass is 9.95. The Bertz CT molecular complexity index is 589. The van der Waals surface area contributed by atoms with Crippen molar-refractivity contribution in [2.75, 3.05) is 24.5 Å². The summed E-state index contributed by atoms with van der Waals surface area (Å²) in [5.41, 5.74) is 7.86. The summed E-state index contributed by atoms with van der Waals surface area (Å²) in [5, 5.41) is 4.45. The average molecular weight is 287 g/mol. The second kappa shape index (κ2) is 6.43. The quantitative estimate of drug-likeness (QED) is 0.916. The van der Waals surface area contributed by atoms with Crippen molar-refractivity contribution in [3.63, 3.8) is 0 Å². The third-order valence-electron chi connectivity index (χ3n) is 4.32. The van der Waals surface area contributed by atoms with Crippen LogP contribution >= 0.6 is 0 Å². The molecule has 2 aromatic rings. The molecule has 0 aliphatic carbocycles. The van der Waals surface area contributed by atoms with Gasteiger partial charge >= 0.3 is 0 Å². The molecule has 114 valence electrons. The third kappa shape index (κ3) is 3.02. The molecule has 2 N–H and O–H groups in total. The molecule has 2 aromatic heterocycles. The van der Waals surface area contributed by atoms with E-state index in [4.69, 9.17) is 5.73 Å². The van der Waals surface area contributed by atoms with E-state index in [0.29, 0.717) is 5.92 Å². The monoisotopic (exact) mass is 287 g/mol. The maximum absolute atomic E-state index is 5.74. The van der Waals surface area contributed by atoms with Gasteiger partial charge in [0.1, 0.15) is 5.82 Å². The van der Waals surface area contributed by atoms with E-state index in [-0.39, 0.29) is 0 Å². The number of anilines is 1. The van der Waals surface area contributed by atoms with Gasteiger partial charge in [-0.3, -0.25) is 0 Å². The zero-order valence-corrected chi connectivity index (χ0v) is 12.8.